The van der Waals surface area contributed by atoms with Crippen LogP contribution < -0.4 is 9.47 Å². The van der Waals surface area contributed by atoms with Gasteiger partial charge in [-0.05, 0) is 33.6 Å². The third-order valence-corrected chi connectivity index (χ3v) is 3.67. The molecule has 0 bridgehead atoms. The van der Waals surface area contributed by atoms with Gasteiger partial charge in [0, 0.05) is 18.8 Å². The van der Waals surface area contributed by atoms with E-state index in [0.29, 0.717) is 6.54 Å². The monoisotopic (exact) mass is 353 g/mol. The second kappa shape index (κ2) is 7.54. The van der Waals surface area contributed by atoms with Crippen LogP contribution in [0.5, 0.6) is 11.6 Å². The fourth-order valence-corrected chi connectivity index (χ4v) is 2.60. The summed E-state index contributed by atoms with van der Waals surface area (Å²) >= 11 is 0. The van der Waals surface area contributed by atoms with Gasteiger partial charge in [-0.1, -0.05) is 0 Å². The molecule has 1 amide bonds. The number of ether oxygens (including phenoxy) is 3. The van der Waals surface area contributed by atoms with Crippen LogP contribution in [-0.2, 0) is 4.74 Å². The molecule has 0 aliphatic carbocycles. The first-order valence-corrected chi connectivity index (χ1v) is 8.02. The van der Waals surface area contributed by atoms with E-state index in [4.69, 9.17) is 14.2 Å². The Morgan fingerprint density at radius 1 is 1.48 bits per heavy atom. The van der Waals surface area contributed by atoms with Gasteiger partial charge in [-0.25, -0.2) is 9.78 Å². The Morgan fingerprint density at radius 3 is 2.80 bits per heavy atom. The second-order valence-electron chi connectivity index (χ2n) is 6.70. The minimum atomic E-state index is -0.596. The van der Waals surface area contributed by atoms with Crippen molar-refractivity contribution in [1.29, 1.82) is 0 Å². The largest absolute Gasteiger partial charge is 0.490 e. The van der Waals surface area contributed by atoms with Gasteiger partial charge >= 0.3 is 11.8 Å². The Hall–Kier alpha value is -2.58. The second-order valence-corrected chi connectivity index (χ2v) is 6.70. The van der Waals surface area contributed by atoms with Crippen molar-refractivity contribution >= 4 is 11.8 Å². The minimum Gasteiger partial charge on any atom is -0.490 e. The molecular formula is C16H23N3O6. The lowest BCUT2D eigenvalue weighted by Crippen LogP contribution is -2.42. The quantitative estimate of drug-likeness (QED) is 0.592. The summed E-state index contributed by atoms with van der Waals surface area (Å²) in [4.78, 5) is 28.4. The number of hydrogen-bond donors (Lipinski definition) is 0. The molecule has 138 valence electrons. The first kappa shape index (κ1) is 18.8. The van der Waals surface area contributed by atoms with Crippen LogP contribution in [-0.4, -0.2) is 52.8 Å². The van der Waals surface area contributed by atoms with E-state index in [-0.39, 0.29) is 30.0 Å². The first-order valence-electron chi connectivity index (χ1n) is 8.02. The van der Waals surface area contributed by atoms with E-state index in [0.717, 1.165) is 12.8 Å². The van der Waals surface area contributed by atoms with E-state index in [1.54, 1.807) is 25.7 Å². The van der Waals surface area contributed by atoms with E-state index in [1.165, 1.54) is 19.4 Å². The SMILES string of the molecule is COc1ccnc(OC[C@H]2CCCN2C(=O)OC(C)(C)C)c1[N+](=O)[O-]. The molecule has 1 atom stereocenters. The van der Waals surface area contributed by atoms with Crippen LogP contribution in [0.3, 0.4) is 0 Å². The molecule has 25 heavy (non-hydrogen) atoms. The molecule has 2 heterocycles. The highest BCUT2D eigenvalue weighted by molar-refractivity contribution is 5.69. The molecule has 0 saturated carbocycles. The van der Waals surface area contributed by atoms with Crippen molar-refractivity contribution in [2.45, 2.75) is 45.3 Å². The third-order valence-electron chi connectivity index (χ3n) is 3.67. The van der Waals surface area contributed by atoms with Gasteiger partial charge < -0.3 is 19.1 Å². The Bertz CT molecular complexity index is 643. The zero-order chi connectivity index (χ0) is 18.6. The summed E-state index contributed by atoms with van der Waals surface area (Å²) in [6, 6.07) is 1.18. The van der Waals surface area contributed by atoms with Crippen LogP contribution in [0.15, 0.2) is 12.3 Å². The van der Waals surface area contributed by atoms with Gasteiger partial charge in [-0.2, -0.15) is 0 Å². The number of likely N-dealkylation sites (tertiary alicyclic amines) is 1. The Kier molecular flexibility index (Phi) is 5.66. The lowest BCUT2D eigenvalue weighted by atomic mass is 10.2. The van der Waals surface area contributed by atoms with Crippen molar-refractivity contribution in [2.75, 3.05) is 20.3 Å². The molecule has 2 rings (SSSR count). The van der Waals surface area contributed by atoms with Gasteiger partial charge in [0.1, 0.15) is 12.2 Å². The van der Waals surface area contributed by atoms with Gasteiger partial charge in [0.05, 0.1) is 18.1 Å². The van der Waals surface area contributed by atoms with Crippen LogP contribution in [0.1, 0.15) is 33.6 Å². The predicted molar refractivity (Wildman–Crippen MR) is 88.9 cm³/mol. The Morgan fingerprint density at radius 2 is 2.20 bits per heavy atom. The van der Waals surface area contributed by atoms with Crippen molar-refractivity contribution in [3.63, 3.8) is 0 Å². The third kappa shape index (κ3) is 4.71. The smallest absolute Gasteiger partial charge is 0.410 e. The van der Waals surface area contributed by atoms with Crippen LogP contribution in [0.25, 0.3) is 0 Å². The highest BCUT2D eigenvalue weighted by atomic mass is 16.6. The average molecular weight is 353 g/mol. The fourth-order valence-electron chi connectivity index (χ4n) is 2.60. The molecule has 9 heteroatoms. The first-order chi connectivity index (χ1) is 11.7. The zero-order valence-electron chi connectivity index (χ0n) is 14.9. The van der Waals surface area contributed by atoms with Crippen LogP contribution in [0.2, 0.25) is 0 Å². The highest BCUT2D eigenvalue weighted by Gasteiger charge is 2.33. The Labute approximate surface area is 146 Å². The number of pyridine rings is 1. The molecule has 1 aliphatic heterocycles. The lowest BCUT2D eigenvalue weighted by molar-refractivity contribution is -0.387. The molecule has 1 aromatic rings. The summed E-state index contributed by atoms with van der Waals surface area (Å²) in [5, 5.41) is 11.2. The molecular weight excluding hydrogens is 330 g/mol. The summed E-state index contributed by atoms with van der Waals surface area (Å²) in [5.41, 5.74) is -0.912. The fraction of sp³-hybridized carbons (Fsp3) is 0.625. The van der Waals surface area contributed by atoms with Crippen molar-refractivity contribution in [1.82, 2.24) is 9.88 Å². The van der Waals surface area contributed by atoms with Crippen molar-refractivity contribution < 1.29 is 23.9 Å². The van der Waals surface area contributed by atoms with Gasteiger partial charge in [-0.3, -0.25) is 10.1 Å². The summed E-state index contributed by atoms with van der Waals surface area (Å²) in [6.07, 6.45) is 2.52. The van der Waals surface area contributed by atoms with E-state index < -0.39 is 16.6 Å². The van der Waals surface area contributed by atoms with Gasteiger partial charge in [0.2, 0.25) is 5.75 Å². The van der Waals surface area contributed by atoms with Crippen molar-refractivity contribution in [2.24, 2.45) is 0 Å². The van der Waals surface area contributed by atoms with E-state index in [2.05, 4.69) is 4.98 Å². The van der Waals surface area contributed by atoms with Crippen LogP contribution in [0, 0.1) is 10.1 Å². The topological polar surface area (TPSA) is 104 Å². The molecule has 0 unspecified atom stereocenters. The van der Waals surface area contributed by atoms with Gasteiger partial charge in [0.25, 0.3) is 5.88 Å². The molecule has 1 saturated heterocycles. The number of carbonyl (C=O) groups excluding carboxylic acids is 1. The van der Waals surface area contributed by atoms with Crippen LogP contribution in [0.4, 0.5) is 10.5 Å². The number of nitrogens with zero attached hydrogens (tertiary/aromatic N) is 3. The number of hydrogen-bond acceptors (Lipinski definition) is 7. The standard InChI is InChI=1S/C16H23N3O6/c1-16(2,3)25-15(20)18-9-5-6-11(18)10-24-14-13(19(21)22)12(23-4)7-8-17-14/h7-8,11H,5-6,9-10H2,1-4H3/t11-/m1/s1. The normalized spacial score (nSPS) is 17.3. The maximum absolute atomic E-state index is 12.3. The van der Waals surface area contributed by atoms with Crippen LogP contribution >= 0.6 is 0 Å². The summed E-state index contributed by atoms with van der Waals surface area (Å²) in [6.45, 7) is 6.07. The number of nitro groups is 1. The number of aromatic nitrogens is 1. The zero-order valence-corrected chi connectivity index (χ0v) is 14.9. The molecule has 0 radical (unpaired) electrons. The van der Waals surface area contributed by atoms with E-state index in [1.807, 2.05) is 0 Å². The average Bonchev–Trinajstić information content (AvgIpc) is 2.99. The van der Waals surface area contributed by atoms with E-state index >= 15 is 0 Å². The maximum Gasteiger partial charge on any atom is 0.410 e. The summed E-state index contributed by atoms with van der Waals surface area (Å²) < 4.78 is 15.9. The van der Waals surface area contributed by atoms with Crippen molar-refractivity contribution in [3.05, 3.63) is 22.4 Å². The molecule has 1 aliphatic rings. The predicted octanol–water partition coefficient (Wildman–Crippen LogP) is 2.78. The Balaban J connectivity index is 2.08. The highest BCUT2D eigenvalue weighted by Crippen LogP contribution is 2.34. The van der Waals surface area contributed by atoms with E-state index in [9.17, 15) is 14.9 Å². The molecule has 9 nitrogen and oxygen atoms in total. The molecule has 0 aromatic carbocycles. The summed E-state index contributed by atoms with van der Waals surface area (Å²) in [7, 11) is 1.34. The number of carbonyl (C=O) groups is 1. The lowest BCUT2D eigenvalue weighted by Gasteiger charge is -2.28. The van der Waals surface area contributed by atoms with Gasteiger partial charge in [-0.15, -0.1) is 0 Å². The number of amides is 1. The molecule has 0 spiro atoms. The molecule has 1 aromatic heterocycles. The number of methoxy groups -OCH3 is 1. The summed E-state index contributed by atoms with van der Waals surface area (Å²) in [5.74, 6) is -0.0502. The molecule has 0 N–H and O–H groups in total. The van der Waals surface area contributed by atoms with Gasteiger partial charge in [0.15, 0.2) is 0 Å². The number of rotatable bonds is 5. The van der Waals surface area contributed by atoms with Crippen molar-refractivity contribution in [3.8, 4) is 11.6 Å². The minimum absolute atomic E-state index is 0.0745. The molecule has 1 fully saturated rings. The maximum atomic E-state index is 12.3.